The molecule has 2 N–H and O–H groups in total. The van der Waals surface area contributed by atoms with Crippen LogP contribution in [0.15, 0.2) is 18.2 Å². The largest absolute Gasteiger partial charge is 0.443 e. The second kappa shape index (κ2) is 8.72. The second-order valence-corrected chi connectivity index (χ2v) is 8.77. The highest BCUT2D eigenvalue weighted by atomic mass is 32.1. The first-order valence-electron chi connectivity index (χ1n) is 8.71. The first-order valence-corrected chi connectivity index (χ1v) is 9.11. The number of urea groups is 1. The van der Waals surface area contributed by atoms with Crippen LogP contribution < -0.4 is 10.0 Å². The predicted molar refractivity (Wildman–Crippen MR) is 110 cm³/mol. The summed E-state index contributed by atoms with van der Waals surface area (Å²) in [6, 6.07) is 4.32. The van der Waals surface area contributed by atoms with Crippen molar-refractivity contribution in [1.82, 2.24) is 4.90 Å². The first-order chi connectivity index (χ1) is 12.6. The van der Waals surface area contributed by atoms with Crippen molar-refractivity contribution < 1.29 is 23.9 Å². The van der Waals surface area contributed by atoms with Crippen molar-refractivity contribution in [3.05, 3.63) is 29.3 Å². The molecular formula is C19H29N3O5S. The summed E-state index contributed by atoms with van der Waals surface area (Å²) in [5, 5.41) is 0. The summed E-state index contributed by atoms with van der Waals surface area (Å²) in [6.07, 6.45) is -1.66. The van der Waals surface area contributed by atoms with E-state index in [1.807, 2.05) is 0 Å². The van der Waals surface area contributed by atoms with E-state index in [0.29, 0.717) is 11.3 Å². The van der Waals surface area contributed by atoms with Gasteiger partial charge in [-0.15, -0.1) is 0 Å². The number of thiol groups is 1. The standard InChI is InChI=1S/C19H29N3O5S/c1-12-8-13(10-14(9-12)22(28)15(20)23)11-21(16(24)26-18(2,3)4)17(25)27-19(5,6)7/h8-10,28H,11H2,1-7H3,(H2,20,23). The smallest absolute Gasteiger partial charge is 0.420 e. The Morgan fingerprint density at radius 2 is 1.43 bits per heavy atom. The highest BCUT2D eigenvalue weighted by Gasteiger charge is 2.31. The van der Waals surface area contributed by atoms with Crippen molar-refractivity contribution in [3.8, 4) is 0 Å². The minimum atomic E-state index is -0.831. The Morgan fingerprint density at radius 1 is 0.964 bits per heavy atom. The number of hydrogen-bond donors (Lipinski definition) is 2. The monoisotopic (exact) mass is 411 g/mol. The van der Waals surface area contributed by atoms with Gasteiger partial charge in [0, 0.05) is 0 Å². The van der Waals surface area contributed by atoms with Gasteiger partial charge in [-0.25, -0.2) is 23.6 Å². The maximum atomic E-state index is 12.6. The van der Waals surface area contributed by atoms with Crippen LogP contribution in [0.3, 0.4) is 0 Å². The van der Waals surface area contributed by atoms with E-state index >= 15 is 0 Å². The van der Waals surface area contributed by atoms with E-state index < -0.39 is 29.4 Å². The molecule has 9 heteroatoms. The molecule has 156 valence electrons. The molecule has 4 amide bonds. The molecule has 0 aliphatic heterocycles. The van der Waals surface area contributed by atoms with Crippen molar-refractivity contribution in [3.63, 3.8) is 0 Å². The minimum absolute atomic E-state index is 0.112. The Bertz CT molecular complexity index is 725. The molecule has 0 spiro atoms. The van der Waals surface area contributed by atoms with Crippen molar-refractivity contribution in [2.45, 2.75) is 66.2 Å². The van der Waals surface area contributed by atoms with Gasteiger partial charge in [-0.05, 0) is 71.7 Å². The maximum absolute atomic E-state index is 12.6. The van der Waals surface area contributed by atoms with E-state index in [1.165, 1.54) is 0 Å². The summed E-state index contributed by atoms with van der Waals surface area (Å²) >= 11 is 4.06. The Morgan fingerprint density at radius 3 is 1.82 bits per heavy atom. The lowest BCUT2D eigenvalue weighted by Crippen LogP contribution is -2.43. The van der Waals surface area contributed by atoms with Crippen molar-refractivity contribution in [2.24, 2.45) is 5.73 Å². The molecule has 1 aromatic carbocycles. The average molecular weight is 412 g/mol. The number of anilines is 1. The molecule has 1 aromatic rings. The van der Waals surface area contributed by atoms with E-state index in [-0.39, 0.29) is 6.54 Å². The maximum Gasteiger partial charge on any atom is 0.420 e. The summed E-state index contributed by atoms with van der Waals surface area (Å²) in [5.74, 6) is 0. The number of carbonyl (C=O) groups excluding carboxylic acids is 3. The molecule has 0 atom stereocenters. The highest BCUT2D eigenvalue weighted by Crippen LogP contribution is 2.23. The molecule has 0 fully saturated rings. The molecule has 0 saturated carbocycles. The third-order valence-corrected chi connectivity index (χ3v) is 3.57. The topological polar surface area (TPSA) is 102 Å². The summed E-state index contributed by atoms with van der Waals surface area (Å²) in [6.45, 7) is 11.9. The van der Waals surface area contributed by atoms with Crippen LogP contribution in [-0.2, 0) is 16.0 Å². The lowest BCUT2D eigenvalue weighted by molar-refractivity contribution is -0.000260. The first kappa shape index (κ1) is 23.6. The third kappa shape index (κ3) is 7.67. The van der Waals surface area contributed by atoms with Crippen LogP contribution >= 0.6 is 12.8 Å². The van der Waals surface area contributed by atoms with Crippen molar-refractivity contribution in [2.75, 3.05) is 4.31 Å². The second-order valence-electron chi connectivity index (χ2n) is 8.37. The molecule has 0 heterocycles. The number of primary amides is 1. The Labute approximate surface area is 171 Å². The molecule has 0 aromatic heterocycles. The minimum Gasteiger partial charge on any atom is -0.443 e. The van der Waals surface area contributed by atoms with Crippen LogP contribution in [0, 0.1) is 6.92 Å². The number of aryl methyl sites for hydroxylation is 1. The molecule has 0 radical (unpaired) electrons. The Kier molecular flexibility index (Phi) is 7.36. The number of benzene rings is 1. The van der Waals surface area contributed by atoms with Crippen LogP contribution in [0.4, 0.5) is 20.1 Å². The van der Waals surface area contributed by atoms with Crippen LogP contribution in [-0.4, -0.2) is 34.3 Å². The molecule has 1 rings (SSSR count). The van der Waals surface area contributed by atoms with E-state index in [1.54, 1.807) is 66.7 Å². The molecule has 0 aliphatic rings. The van der Waals surface area contributed by atoms with Gasteiger partial charge in [0.2, 0.25) is 0 Å². The third-order valence-electron chi connectivity index (χ3n) is 3.14. The zero-order chi connectivity index (χ0) is 21.9. The number of ether oxygens (including phenoxy) is 2. The lowest BCUT2D eigenvalue weighted by atomic mass is 10.1. The molecule has 0 saturated heterocycles. The van der Waals surface area contributed by atoms with E-state index in [0.717, 1.165) is 14.8 Å². The van der Waals surface area contributed by atoms with Gasteiger partial charge in [0.15, 0.2) is 0 Å². The normalized spacial score (nSPS) is 11.6. The summed E-state index contributed by atoms with van der Waals surface area (Å²) < 4.78 is 11.7. The molecular weight excluding hydrogens is 382 g/mol. The van der Waals surface area contributed by atoms with Crippen molar-refractivity contribution >= 4 is 36.7 Å². The van der Waals surface area contributed by atoms with Crippen LogP contribution in [0.1, 0.15) is 52.7 Å². The molecule has 8 nitrogen and oxygen atoms in total. The number of rotatable bonds is 3. The predicted octanol–water partition coefficient (Wildman–Crippen LogP) is 4.40. The zero-order valence-corrected chi connectivity index (χ0v) is 18.3. The zero-order valence-electron chi connectivity index (χ0n) is 17.4. The lowest BCUT2D eigenvalue weighted by Gasteiger charge is -2.29. The fraction of sp³-hybridized carbons (Fsp3) is 0.526. The van der Waals surface area contributed by atoms with Gasteiger partial charge in [-0.3, -0.25) is 0 Å². The average Bonchev–Trinajstić information content (AvgIpc) is 2.47. The summed E-state index contributed by atoms with van der Waals surface area (Å²) in [7, 11) is 0. The van der Waals surface area contributed by atoms with Crippen LogP contribution in [0.2, 0.25) is 0 Å². The van der Waals surface area contributed by atoms with Crippen LogP contribution in [0.5, 0.6) is 0 Å². The van der Waals surface area contributed by atoms with Gasteiger partial charge in [0.1, 0.15) is 11.2 Å². The molecule has 0 aliphatic carbocycles. The highest BCUT2D eigenvalue weighted by molar-refractivity contribution is 7.82. The van der Waals surface area contributed by atoms with Gasteiger partial charge in [0.05, 0.1) is 12.2 Å². The van der Waals surface area contributed by atoms with Gasteiger partial charge in [0.25, 0.3) is 0 Å². The number of nitrogens with two attached hydrogens (primary N) is 1. The Balaban J connectivity index is 3.23. The number of hydrogen-bond acceptors (Lipinski definition) is 6. The van der Waals surface area contributed by atoms with Gasteiger partial charge in [-0.1, -0.05) is 18.9 Å². The fourth-order valence-corrected chi connectivity index (χ4v) is 2.32. The Hall–Kier alpha value is -2.42. The number of imide groups is 1. The van der Waals surface area contributed by atoms with Gasteiger partial charge in [-0.2, -0.15) is 0 Å². The molecule has 0 unspecified atom stereocenters. The number of nitrogens with zero attached hydrogens (tertiary/aromatic N) is 2. The van der Waals surface area contributed by atoms with E-state index in [2.05, 4.69) is 12.8 Å². The van der Waals surface area contributed by atoms with E-state index in [4.69, 9.17) is 15.2 Å². The number of amides is 4. The summed E-state index contributed by atoms with van der Waals surface area (Å²) in [5.41, 5.74) is 5.46. The SMILES string of the molecule is Cc1cc(CN(C(=O)OC(C)(C)C)C(=O)OC(C)(C)C)cc(N(S)C(N)=O)c1. The molecule has 0 bridgehead atoms. The number of carbonyl (C=O) groups is 3. The van der Waals surface area contributed by atoms with Gasteiger partial charge < -0.3 is 15.2 Å². The summed E-state index contributed by atoms with van der Waals surface area (Å²) in [4.78, 5) is 37.5. The quantitative estimate of drug-likeness (QED) is 0.718. The van der Waals surface area contributed by atoms with Crippen molar-refractivity contribution in [1.29, 1.82) is 0 Å². The van der Waals surface area contributed by atoms with Gasteiger partial charge >= 0.3 is 18.2 Å². The molecule has 28 heavy (non-hydrogen) atoms. The van der Waals surface area contributed by atoms with Crippen LogP contribution in [0.25, 0.3) is 0 Å². The van der Waals surface area contributed by atoms with E-state index in [9.17, 15) is 14.4 Å². The fourth-order valence-electron chi connectivity index (χ4n) is 2.20.